The van der Waals surface area contributed by atoms with Gasteiger partial charge in [-0.1, -0.05) is 23.2 Å². The molecule has 29 heavy (non-hydrogen) atoms. The van der Waals surface area contributed by atoms with Crippen LogP contribution in [-0.2, 0) is 23.9 Å². The van der Waals surface area contributed by atoms with E-state index >= 15 is 0 Å². The van der Waals surface area contributed by atoms with E-state index < -0.39 is 29.8 Å². The number of nitrogens with zero attached hydrogens (tertiary/aromatic N) is 2. The van der Waals surface area contributed by atoms with Gasteiger partial charge in [-0.05, 0) is 29.8 Å². The molecule has 0 aliphatic heterocycles. The minimum absolute atomic E-state index is 0.253. The molecule has 0 saturated carbocycles. The van der Waals surface area contributed by atoms with Crippen molar-refractivity contribution in [1.82, 2.24) is 9.55 Å². The van der Waals surface area contributed by atoms with Crippen molar-refractivity contribution in [3.8, 4) is 0 Å². The number of hydrogen-bond donors (Lipinski definition) is 1. The number of carbonyl (C=O) groups is 1. The van der Waals surface area contributed by atoms with E-state index in [9.17, 15) is 22.8 Å². The normalized spacial score (nSPS) is 11.5. The lowest BCUT2D eigenvalue weighted by molar-refractivity contribution is -0.138. The minimum Gasteiger partial charge on any atom is -0.305 e. The smallest absolute Gasteiger partial charge is 0.305 e. The number of amides is 1. The van der Waals surface area contributed by atoms with Crippen molar-refractivity contribution < 1.29 is 18.0 Å². The van der Waals surface area contributed by atoms with Crippen LogP contribution >= 0.6 is 34.5 Å². The molecule has 0 aliphatic rings. The van der Waals surface area contributed by atoms with Crippen molar-refractivity contribution in [2.75, 3.05) is 5.32 Å². The average Bonchev–Trinajstić information content (AvgIpc) is 3.06. The van der Waals surface area contributed by atoms with Crippen LogP contribution in [0.25, 0.3) is 0 Å². The van der Waals surface area contributed by atoms with Crippen LogP contribution in [0.4, 0.5) is 18.3 Å². The summed E-state index contributed by atoms with van der Waals surface area (Å²) in [4.78, 5) is 28.7. The molecule has 0 aliphatic carbocycles. The van der Waals surface area contributed by atoms with E-state index in [1.807, 2.05) is 0 Å². The highest BCUT2D eigenvalue weighted by molar-refractivity contribution is 7.15. The number of hydrogen-bond acceptors (Lipinski definition) is 4. The third-order valence-corrected chi connectivity index (χ3v) is 5.31. The first-order valence-electron chi connectivity index (χ1n) is 8.08. The highest BCUT2D eigenvalue weighted by Crippen LogP contribution is 2.28. The predicted octanol–water partition coefficient (Wildman–Crippen LogP) is 4.86. The Morgan fingerprint density at radius 3 is 2.69 bits per heavy atom. The van der Waals surface area contributed by atoms with Gasteiger partial charge in [-0.2, -0.15) is 13.2 Å². The maximum atomic E-state index is 12.8. The number of anilines is 1. The molecule has 1 amide bonds. The number of alkyl halides is 3. The molecule has 3 rings (SSSR count). The van der Waals surface area contributed by atoms with Crippen LogP contribution in [0.15, 0.2) is 47.5 Å². The van der Waals surface area contributed by atoms with E-state index in [0.717, 1.165) is 16.5 Å². The summed E-state index contributed by atoms with van der Waals surface area (Å²) in [6.07, 6.45) is -2.01. The molecule has 0 spiro atoms. The third-order valence-electron chi connectivity index (χ3n) is 3.80. The van der Waals surface area contributed by atoms with Crippen LogP contribution in [0, 0.1) is 0 Å². The predicted molar refractivity (Wildman–Crippen MR) is 106 cm³/mol. The standard InChI is InChI=1S/C18H12Cl2F3N3O2S/c19-12-2-3-14(20)10(5-12)6-13-7-24-17(29-13)25-15(27)9-26-8-11(18(21,22)23)1-4-16(26)28/h1-5,7-8H,6,9H2,(H,24,25,27). The second kappa shape index (κ2) is 8.56. The van der Waals surface area contributed by atoms with Crippen molar-refractivity contribution in [2.45, 2.75) is 19.1 Å². The van der Waals surface area contributed by atoms with Crippen LogP contribution in [-0.4, -0.2) is 15.5 Å². The minimum atomic E-state index is -4.61. The summed E-state index contributed by atoms with van der Waals surface area (Å²) in [7, 11) is 0. The quantitative estimate of drug-likeness (QED) is 0.589. The van der Waals surface area contributed by atoms with Gasteiger partial charge in [-0.25, -0.2) is 4.98 Å². The molecule has 5 nitrogen and oxygen atoms in total. The molecule has 1 N–H and O–H groups in total. The molecule has 2 heterocycles. The molecule has 11 heteroatoms. The Morgan fingerprint density at radius 1 is 1.21 bits per heavy atom. The highest BCUT2D eigenvalue weighted by atomic mass is 35.5. The van der Waals surface area contributed by atoms with E-state index in [0.29, 0.717) is 33.3 Å². The summed E-state index contributed by atoms with van der Waals surface area (Å²) < 4.78 is 39.0. The summed E-state index contributed by atoms with van der Waals surface area (Å²) >= 11 is 13.3. The van der Waals surface area contributed by atoms with Crippen LogP contribution < -0.4 is 10.9 Å². The Hall–Kier alpha value is -2.36. The fourth-order valence-corrected chi connectivity index (χ4v) is 3.68. The summed E-state index contributed by atoms with van der Waals surface area (Å²) in [6, 6.07) is 6.51. The number of halogens is 5. The Labute approximate surface area is 176 Å². The van der Waals surface area contributed by atoms with Gasteiger partial charge in [0.25, 0.3) is 5.56 Å². The van der Waals surface area contributed by atoms with Gasteiger partial charge in [0.15, 0.2) is 5.13 Å². The lowest BCUT2D eigenvalue weighted by Gasteiger charge is -2.10. The summed E-state index contributed by atoms with van der Waals surface area (Å²) in [6.45, 7) is -0.572. The van der Waals surface area contributed by atoms with Crippen LogP contribution in [0.3, 0.4) is 0 Å². The van der Waals surface area contributed by atoms with Gasteiger partial charge in [0, 0.05) is 39.8 Å². The number of thiazole rings is 1. The SMILES string of the molecule is O=C(Cn1cc(C(F)(F)F)ccc1=O)Nc1ncc(Cc2cc(Cl)ccc2Cl)s1. The maximum absolute atomic E-state index is 12.8. The first kappa shape index (κ1) is 21.4. The molecule has 0 bridgehead atoms. The molecule has 1 aromatic carbocycles. The van der Waals surface area contributed by atoms with Crippen LogP contribution in [0.2, 0.25) is 10.0 Å². The zero-order chi connectivity index (χ0) is 21.2. The van der Waals surface area contributed by atoms with Gasteiger partial charge in [0.2, 0.25) is 5.91 Å². The molecule has 0 saturated heterocycles. The fraction of sp³-hybridized carbons (Fsp3) is 0.167. The fourth-order valence-electron chi connectivity index (χ4n) is 2.45. The molecule has 0 fully saturated rings. The van der Waals surface area contributed by atoms with Crippen molar-refractivity contribution >= 4 is 45.6 Å². The second-order valence-corrected chi connectivity index (χ2v) is 7.93. The summed E-state index contributed by atoms with van der Waals surface area (Å²) in [5.74, 6) is -0.673. The zero-order valence-electron chi connectivity index (χ0n) is 14.5. The molecule has 0 atom stereocenters. The first-order chi connectivity index (χ1) is 13.6. The van der Waals surface area contributed by atoms with Crippen molar-refractivity contribution in [2.24, 2.45) is 0 Å². The van der Waals surface area contributed by atoms with Crippen LogP contribution in [0.5, 0.6) is 0 Å². The van der Waals surface area contributed by atoms with E-state index in [-0.39, 0.29) is 5.13 Å². The largest absolute Gasteiger partial charge is 0.417 e. The van der Waals surface area contributed by atoms with Crippen LogP contribution in [0.1, 0.15) is 16.0 Å². The van der Waals surface area contributed by atoms with Crippen molar-refractivity contribution in [3.63, 3.8) is 0 Å². The van der Waals surface area contributed by atoms with Gasteiger partial charge >= 0.3 is 6.18 Å². The molecule has 2 aromatic heterocycles. The first-order valence-corrected chi connectivity index (χ1v) is 9.65. The monoisotopic (exact) mass is 461 g/mol. The lowest BCUT2D eigenvalue weighted by Crippen LogP contribution is -2.28. The molecular weight excluding hydrogens is 450 g/mol. The number of aromatic nitrogens is 2. The number of carbonyl (C=O) groups excluding carboxylic acids is 1. The number of pyridine rings is 1. The molecule has 0 radical (unpaired) electrons. The Kier molecular flexibility index (Phi) is 6.30. The van der Waals surface area contributed by atoms with E-state index in [1.165, 1.54) is 11.3 Å². The van der Waals surface area contributed by atoms with Gasteiger partial charge in [-0.3, -0.25) is 9.59 Å². The Bertz CT molecular complexity index is 1110. The van der Waals surface area contributed by atoms with Gasteiger partial charge < -0.3 is 9.88 Å². The second-order valence-electron chi connectivity index (χ2n) is 5.97. The molecule has 152 valence electrons. The van der Waals surface area contributed by atoms with E-state index in [2.05, 4.69) is 10.3 Å². The lowest BCUT2D eigenvalue weighted by atomic mass is 10.1. The average molecular weight is 462 g/mol. The van der Waals surface area contributed by atoms with E-state index in [4.69, 9.17) is 23.2 Å². The van der Waals surface area contributed by atoms with Gasteiger partial charge in [-0.15, -0.1) is 11.3 Å². The summed E-state index contributed by atoms with van der Waals surface area (Å²) in [5, 5.41) is 3.80. The molecule has 3 aromatic rings. The number of benzene rings is 1. The van der Waals surface area contributed by atoms with Crippen molar-refractivity contribution in [3.05, 3.63) is 79.1 Å². The van der Waals surface area contributed by atoms with Gasteiger partial charge in [0.1, 0.15) is 6.54 Å². The highest BCUT2D eigenvalue weighted by Gasteiger charge is 2.31. The summed E-state index contributed by atoms with van der Waals surface area (Å²) in [5.41, 5.74) is -0.945. The zero-order valence-corrected chi connectivity index (χ0v) is 16.8. The Balaban J connectivity index is 1.68. The topological polar surface area (TPSA) is 64.0 Å². The third kappa shape index (κ3) is 5.59. The number of rotatable bonds is 5. The van der Waals surface area contributed by atoms with Gasteiger partial charge in [0.05, 0.1) is 5.56 Å². The van der Waals surface area contributed by atoms with Crippen molar-refractivity contribution in [1.29, 1.82) is 0 Å². The number of nitrogens with one attached hydrogen (secondary N) is 1. The Morgan fingerprint density at radius 2 is 1.97 bits per heavy atom. The van der Waals surface area contributed by atoms with E-state index in [1.54, 1.807) is 24.4 Å². The molecular formula is C18H12Cl2F3N3O2S. The molecule has 0 unspecified atom stereocenters. The maximum Gasteiger partial charge on any atom is 0.417 e.